The monoisotopic (exact) mass is 564 g/mol. The summed E-state index contributed by atoms with van der Waals surface area (Å²) in [5.74, 6) is -5.20. The maximum Gasteiger partial charge on any atom is 0.342 e. The number of benzene rings is 2. The number of esters is 1. The van der Waals surface area contributed by atoms with Crippen molar-refractivity contribution in [2.75, 3.05) is 6.61 Å². The van der Waals surface area contributed by atoms with Gasteiger partial charge in [0.25, 0.3) is 12.9 Å². The van der Waals surface area contributed by atoms with Crippen molar-refractivity contribution in [3.63, 3.8) is 0 Å². The highest BCUT2D eigenvalue weighted by Gasteiger charge is 2.24. The van der Waals surface area contributed by atoms with Crippen LogP contribution in [-0.2, 0) is 4.74 Å². The van der Waals surface area contributed by atoms with Crippen molar-refractivity contribution in [1.82, 2.24) is 0 Å². The molecule has 0 bridgehead atoms. The molecule has 0 aliphatic heterocycles. The summed E-state index contributed by atoms with van der Waals surface area (Å²) < 4.78 is 80.4. The van der Waals surface area contributed by atoms with Gasteiger partial charge in [-0.05, 0) is 63.0 Å². The molecule has 0 saturated heterocycles. The number of carbonyl (C=O) groups excluding carboxylic acids is 1. The van der Waals surface area contributed by atoms with Crippen molar-refractivity contribution in [2.24, 2.45) is 0 Å². The summed E-state index contributed by atoms with van der Waals surface area (Å²) in [4.78, 5) is 21.8. The SMILES string of the molecule is CCOC(=O)c1c(Br)ccc(C(F)F)c1F.O=C(O)c1c(Br)ccc(C(F)F)c1F. The van der Waals surface area contributed by atoms with Crippen LogP contribution in [0.1, 0.15) is 51.6 Å². The molecule has 2 rings (SSSR count). The zero-order chi connectivity index (χ0) is 23.2. The summed E-state index contributed by atoms with van der Waals surface area (Å²) in [5, 5.41) is 8.54. The number of carboxylic acid groups (broad SMARTS) is 1. The summed E-state index contributed by atoms with van der Waals surface area (Å²) in [7, 11) is 0. The van der Waals surface area contributed by atoms with E-state index in [4.69, 9.17) is 5.11 Å². The third kappa shape index (κ3) is 6.21. The van der Waals surface area contributed by atoms with Crippen molar-refractivity contribution < 1.29 is 45.8 Å². The Morgan fingerprint density at radius 2 is 1.30 bits per heavy atom. The van der Waals surface area contributed by atoms with E-state index in [0.29, 0.717) is 0 Å². The molecular formula is C18H12Br2F6O4. The van der Waals surface area contributed by atoms with Gasteiger partial charge in [-0.15, -0.1) is 0 Å². The minimum absolute atomic E-state index is 0.0453. The van der Waals surface area contributed by atoms with Crippen molar-refractivity contribution >= 4 is 43.8 Å². The Balaban J connectivity index is 0.000000303. The zero-order valence-electron chi connectivity index (χ0n) is 14.9. The molecule has 30 heavy (non-hydrogen) atoms. The third-order valence-corrected chi connectivity index (χ3v) is 4.73. The van der Waals surface area contributed by atoms with E-state index in [1.165, 1.54) is 6.07 Å². The second kappa shape index (κ2) is 11.3. The Morgan fingerprint density at radius 1 is 0.900 bits per heavy atom. The Hall–Kier alpha value is -2.08. The molecule has 0 radical (unpaired) electrons. The van der Waals surface area contributed by atoms with E-state index < -0.39 is 58.7 Å². The third-order valence-electron chi connectivity index (χ3n) is 3.41. The van der Waals surface area contributed by atoms with E-state index in [2.05, 4.69) is 36.6 Å². The second-order valence-electron chi connectivity index (χ2n) is 5.28. The Morgan fingerprint density at radius 3 is 1.67 bits per heavy atom. The Labute approximate surface area is 183 Å². The lowest BCUT2D eigenvalue weighted by atomic mass is 10.1. The predicted octanol–water partition coefficient (Wildman–Crippen LogP) is 6.93. The second-order valence-corrected chi connectivity index (χ2v) is 6.99. The van der Waals surface area contributed by atoms with Crippen LogP contribution in [0.3, 0.4) is 0 Å². The summed E-state index contributed by atoms with van der Waals surface area (Å²) in [6, 6.07) is 4.04. The number of carbonyl (C=O) groups is 2. The van der Waals surface area contributed by atoms with E-state index >= 15 is 0 Å². The Bertz CT molecular complexity index is 937. The van der Waals surface area contributed by atoms with E-state index in [-0.39, 0.29) is 15.6 Å². The van der Waals surface area contributed by atoms with Crippen LogP contribution in [0.15, 0.2) is 33.2 Å². The van der Waals surface area contributed by atoms with Gasteiger partial charge >= 0.3 is 11.9 Å². The number of halogens is 8. The fraction of sp³-hybridized carbons (Fsp3) is 0.222. The maximum atomic E-state index is 13.5. The molecule has 0 unspecified atom stereocenters. The van der Waals surface area contributed by atoms with Gasteiger partial charge in [-0.25, -0.2) is 35.9 Å². The van der Waals surface area contributed by atoms with Crippen LogP contribution in [-0.4, -0.2) is 23.7 Å². The quantitative estimate of drug-likeness (QED) is 0.315. The van der Waals surface area contributed by atoms with Crippen LogP contribution in [0.5, 0.6) is 0 Å². The molecule has 0 atom stereocenters. The first-order chi connectivity index (χ1) is 13.9. The van der Waals surface area contributed by atoms with Gasteiger partial charge in [-0.1, -0.05) is 0 Å². The molecule has 0 fully saturated rings. The van der Waals surface area contributed by atoms with Gasteiger partial charge in [0.05, 0.1) is 17.7 Å². The predicted molar refractivity (Wildman–Crippen MR) is 101 cm³/mol. The van der Waals surface area contributed by atoms with Crippen LogP contribution in [0.2, 0.25) is 0 Å². The number of aromatic carboxylic acids is 1. The molecule has 0 heterocycles. The molecule has 0 aliphatic rings. The maximum absolute atomic E-state index is 13.5. The van der Waals surface area contributed by atoms with Crippen LogP contribution in [0, 0.1) is 11.6 Å². The highest BCUT2D eigenvalue weighted by Crippen LogP contribution is 2.30. The van der Waals surface area contributed by atoms with Crippen LogP contribution >= 0.6 is 31.9 Å². The molecule has 0 aromatic heterocycles. The van der Waals surface area contributed by atoms with E-state index in [9.17, 15) is 35.9 Å². The summed E-state index contributed by atoms with van der Waals surface area (Å²) in [6.07, 6.45) is -6.00. The number of alkyl halides is 4. The number of rotatable bonds is 5. The number of carboxylic acids is 1. The van der Waals surface area contributed by atoms with Crippen LogP contribution in [0.4, 0.5) is 26.3 Å². The van der Waals surface area contributed by atoms with Crippen molar-refractivity contribution in [3.05, 3.63) is 67.1 Å². The van der Waals surface area contributed by atoms with Crippen molar-refractivity contribution in [1.29, 1.82) is 0 Å². The molecule has 0 saturated carbocycles. The lowest BCUT2D eigenvalue weighted by molar-refractivity contribution is 0.0517. The number of hydrogen-bond acceptors (Lipinski definition) is 3. The van der Waals surface area contributed by atoms with Gasteiger partial charge in [0.15, 0.2) is 0 Å². The first-order valence-electron chi connectivity index (χ1n) is 7.86. The highest BCUT2D eigenvalue weighted by molar-refractivity contribution is 9.10. The minimum atomic E-state index is -3.03. The smallest absolute Gasteiger partial charge is 0.342 e. The molecule has 0 spiro atoms. The largest absolute Gasteiger partial charge is 0.478 e. The topological polar surface area (TPSA) is 63.6 Å². The first-order valence-corrected chi connectivity index (χ1v) is 9.45. The molecule has 0 aliphatic carbocycles. The standard InChI is InChI=1S/C10H8BrF3O2.C8H4BrF3O2/c1-2-16-10(15)7-6(11)4-3-5(8(7)12)9(13)14;9-4-2-1-3(7(11)12)6(10)5(4)8(13)14/h3-4,9H,2H2,1H3;1-2,7H,(H,13,14). The lowest BCUT2D eigenvalue weighted by Crippen LogP contribution is -2.10. The summed E-state index contributed by atoms with van der Waals surface area (Å²) >= 11 is 5.68. The molecule has 2 aromatic rings. The summed E-state index contributed by atoms with van der Waals surface area (Å²) in [6.45, 7) is 1.59. The highest BCUT2D eigenvalue weighted by atomic mass is 79.9. The number of hydrogen-bond donors (Lipinski definition) is 1. The molecular weight excluding hydrogens is 554 g/mol. The van der Waals surface area contributed by atoms with E-state index in [1.54, 1.807) is 6.92 Å². The van der Waals surface area contributed by atoms with Gasteiger partial charge in [0.2, 0.25) is 0 Å². The van der Waals surface area contributed by atoms with E-state index in [0.717, 1.165) is 18.2 Å². The normalized spacial score (nSPS) is 10.6. The average Bonchev–Trinajstić information content (AvgIpc) is 2.61. The van der Waals surface area contributed by atoms with Gasteiger partial charge in [0.1, 0.15) is 22.8 Å². The fourth-order valence-electron chi connectivity index (χ4n) is 2.06. The molecule has 12 heteroatoms. The lowest BCUT2D eigenvalue weighted by Gasteiger charge is -2.09. The van der Waals surface area contributed by atoms with Crippen LogP contribution in [0.25, 0.3) is 0 Å². The van der Waals surface area contributed by atoms with E-state index in [1.807, 2.05) is 0 Å². The van der Waals surface area contributed by atoms with Gasteiger partial charge in [-0.3, -0.25) is 0 Å². The number of ether oxygens (including phenoxy) is 1. The molecule has 164 valence electrons. The van der Waals surface area contributed by atoms with Crippen molar-refractivity contribution in [2.45, 2.75) is 19.8 Å². The van der Waals surface area contributed by atoms with Crippen LogP contribution < -0.4 is 0 Å². The summed E-state index contributed by atoms with van der Waals surface area (Å²) in [5.41, 5.74) is -3.00. The molecule has 4 nitrogen and oxygen atoms in total. The van der Waals surface area contributed by atoms with Gasteiger partial charge < -0.3 is 9.84 Å². The average molecular weight is 566 g/mol. The molecule has 1 N–H and O–H groups in total. The first kappa shape index (κ1) is 26.0. The van der Waals surface area contributed by atoms with Crippen molar-refractivity contribution in [3.8, 4) is 0 Å². The minimum Gasteiger partial charge on any atom is -0.478 e. The zero-order valence-corrected chi connectivity index (χ0v) is 18.0. The fourth-order valence-corrected chi connectivity index (χ4v) is 3.00. The molecule has 0 amide bonds. The molecule has 2 aromatic carbocycles. The van der Waals surface area contributed by atoms with Gasteiger partial charge in [0, 0.05) is 8.95 Å². The van der Waals surface area contributed by atoms with Gasteiger partial charge in [-0.2, -0.15) is 0 Å². The Kier molecular flexibility index (Phi) is 9.82.